The molecule has 2 N–H and O–H groups in total. The maximum Gasteiger partial charge on any atom is 0.175 e. The molecule has 2 saturated heterocycles. The fraction of sp³-hybridized carbons (Fsp3) is 0.529. The number of aryl methyl sites for hydroxylation is 1. The Hall–Kier alpha value is -2.77. The average molecular weight is 622 g/mol. The summed E-state index contributed by atoms with van der Waals surface area (Å²) in [6.07, 6.45) is 9.70. The zero-order chi connectivity index (χ0) is 30.0. The third-order valence-corrected chi connectivity index (χ3v) is 11.9. The highest BCUT2D eigenvalue weighted by Gasteiger charge is 2.42. The summed E-state index contributed by atoms with van der Waals surface area (Å²) in [5, 5.41) is 8.49. The first kappa shape index (κ1) is 30.3. The van der Waals surface area contributed by atoms with Crippen LogP contribution in [-0.4, -0.2) is 71.6 Å². The van der Waals surface area contributed by atoms with E-state index in [2.05, 4.69) is 52.5 Å². The van der Waals surface area contributed by atoms with E-state index in [9.17, 15) is 8.42 Å². The molecule has 7 nitrogen and oxygen atoms in total. The van der Waals surface area contributed by atoms with Crippen molar-refractivity contribution in [1.82, 2.24) is 4.90 Å². The molecule has 0 amide bonds. The Bertz CT molecular complexity index is 1620. The Morgan fingerprint density at radius 3 is 2.51 bits per heavy atom. The number of likely N-dealkylation sites (tertiary alicyclic amines) is 1. The van der Waals surface area contributed by atoms with Crippen LogP contribution >= 0.6 is 11.3 Å². The van der Waals surface area contributed by atoms with Gasteiger partial charge in [-0.2, -0.15) is 0 Å². The molecule has 3 heterocycles. The first-order valence-electron chi connectivity index (χ1n) is 15.5. The number of sulfone groups is 1. The molecular formula is C34H43N3O4S2. The number of methoxy groups -OCH3 is 1. The minimum absolute atomic E-state index is 0.232. The molecule has 43 heavy (non-hydrogen) atoms. The minimum atomic E-state index is -3.30. The lowest BCUT2D eigenvalue weighted by Gasteiger charge is -2.49. The highest BCUT2D eigenvalue weighted by atomic mass is 32.2. The second-order valence-electron chi connectivity index (χ2n) is 12.4. The molecule has 9 heteroatoms. The number of anilines is 2. The minimum Gasteiger partial charge on any atom is -0.495 e. The zero-order valence-electron chi connectivity index (χ0n) is 25.5. The fourth-order valence-corrected chi connectivity index (χ4v) is 8.78. The summed E-state index contributed by atoms with van der Waals surface area (Å²) in [6.45, 7) is 7.06. The van der Waals surface area contributed by atoms with Crippen LogP contribution in [0.15, 0.2) is 41.3 Å². The lowest BCUT2D eigenvalue weighted by molar-refractivity contribution is -0.143. The van der Waals surface area contributed by atoms with Crippen molar-refractivity contribution in [1.29, 1.82) is 0 Å². The number of thiophene rings is 1. The monoisotopic (exact) mass is 621 g/mol. The Morgan fingerprint density at radius 1 is 1.09 bits per heavy atom. The van der Waals surface area contributed by atoms with E-state index in [1.165, 1.54) is 86.3 Å². The van der Waals surface area contributed by atoms with Crippen molar-refractivity contribution in [3.05, 3.63) is 46.8 Å². The summed E-state index contributed by atoms with van der Waals surface area (Å²) in [7, 11) is -1.77. The van der Waals surface area contributed by atoms with E-state index in [0.29, 0.717) is 23.8 Å². The van der Waals surface area contributed by atoms with Gasteiger partial charge >= 0.3 is 0 Å². The third kappa shape index (κ3) is 6.53. The van der Waals surface area contributed by atoms with Crippen molar-refractivity contribution >= 4 is 42.6 Å². The number of hydrogen-bond donors (Lipinski definition) is 2. The summed E-state index contributed by atoms with van der Waals surface area (Å²) >= 11 is 1.78. The molecule has 0 atom stereocenters. The Labute approximate surface area is 260 Å². The largest absolute Gasteiger partial charge is 0.495 e. The van der Waals surface area contributed by atoms with E-state index in [1.807, 2.05) is 0 Å². The fourth-order valence-electron chi connectivity index (χ4n) is 6.90. The SMILES string of the molecule is CCc1c(C#CCNc2ccc(S(C)(=O)=O)cc2OC)sc2c(NC3CCC(N4CCC5(CC4)COC5)CC3)cccc12. The summed E-state index contributed by atoms with van der Waals surface area (Å²) in [5.41, 5.74) is 3.75. The predicted molar refractivity (Wildman–Crippen MR) is 176 cm³/mol. The third-order valence-electron chi connectivity index (χ3n) is 9.59. The van der Waals surface area contributed by atoms with Gasteiger partial charge in [-0.15, -0.1) is 11.3 Å². The van der Waals surface area contributed by atoms with Crippen molar-refractivity contribution in [2.24, 2.45) is 5.41 Å². The van der Waals surface area contributed by atoms with Crippen LogP contribution in [0, 0.1) is 17.3 Å². The van der Waals surface area contributed by atoms with Crippen molar-refractivity contribution in [3.8, 4) is 17.6 Å². The van der Waals surface area contributed by atoms with Crippen LogP contribution < -0.4 is 15.4 Å². The second kappa shape index (κ2) is 12.7. The van der Waals surface area contributed by atoms with Gasteiger partial charge in [0.25, 0.3) is 0 Å². The second-order valence-corrected chi connectivity index (χ2v) is 15.5. The number of rotatable bonds is 8. The molecule has 0 radical (unpaired) electrons. The van der Waals surface area contributed by atoms with Crippen LogP contribution in [0.2, 0.25) is 0 Å². The lowest BCUT2D eigenvalue weighted by Crippen LogP contribution is -2.53. The molecule has 0 bridgehead atoms. The van der Waals surface area contributed by atoms with Gasteiger partial charge in [-0.3, -0.25) is 0 Å². The molecule has 3 fully saturated rings. The Morgan fingerprint density at radius 2 is 1.86 bits per heavy atom. The van der Waals surface area contributed by atoms with Gasteiger partial charge < -0.3 is 25.0 Å². The van der Waals surface area contributed by atoms with E-state index in [4.69, 9.17) is 9.47 Å². The summed E-state index contributed by atoms with van der Waals surface area (Å²) in [4.78, 5) is 4.10. The van der Waals surface area contributed by atoms with Gasteiger partial charge in [-0.25, -0.2) is 8.42 Å². The van der Waals surface area contributed by atoms with Gasteiger partial charge in [0, 0.05) is 29.8 Å². The number of ether oxygens (including phenoxy) is 2. The molecule has 2 aliphatic heterocycles. The summed E-state index contributed by atoms with van der Waals surface area (Å²) in [6, 6.07) is 12.7. The van der Waals surface area contributed by atoms with Crippen molar-refractivity contribution < 1.29 is 17.9 Å². The maximum absolute atomic E-state index is 11.9. The normalized spacial score (nSPS) is 22.0. The maximum atomic E-state index is 11.9. The number of nitrogens with zero attached hydrogens (tertiary/aromatic N) is 1. The number of nitrogens with one attached hydrogen (secondary N) is 2. The van der Waals surface area contributed by atoms with E-state index < -0.39 is 9.84 Å². The van der Waals surface area contributed by atoms with E-state index in [-0.39, 0.29) is 4.90 Å². The van der Waals surface area contributed by atoms with Crippen molar-refractivity contribution in [2.45, 2.75) is 68.8 Å². The van der Waals surface area contributed by atoms with Gasteiger partial charge in [-0.1, -0.05) is 30.9 Å². The zero-order valence-corrected chi connectivity index (χ0v) is 27.1. The average Bonchev–Trinajstić information content (AvgIpc) is 3.37. The van der Waals surface area contributed by atoms with Crippen LogP contribution in [0.3, 0.4) is 0 Å². The smallest absolute Gasteiger partial charge is 0.175 e. The number of benzene rings is 2. The molecule has 230 valence electrons. The molecular weight excluding hydrogens is 579 g/mol. The quantitative estimate of drug-likeness (QED) is 0.291. The standard InChI is InChI=1S/C34H43N3O4S2/c1-4-27-28-7-5-8-30(36-24-10-12-25(13-11-24)37-19-16-34(17-20-37)22-41-23-34)33(28)42-32(27)9-6-18-35-29-15-14-26(43(3,38)39)21-31(29)40-2/h5,7-8,14-15,21,24-25,35-36H,4,10-13,16-20,22-23H2,1-3H3. The van der Waals surface area contributed by atoms with Gasteiger partial charge in [0.05, 0.1) is 52.7 Å². The molecule has 6 rings (SSSR count). The van der Waals surface area contributed by atoms with Gasteiger partial charge in [0.15, 0.2) is 9.84 Å². The molecule has 3 aliphatic rings. The lowest BCUT2D eigenvalue weighted by atomic mass is 9.76. The first-order valence-corrected chi connectivity index (χ1v) is 18.2. The highest BCUT2D eigenvalue weighted by molar-refractivity contribution is 7.90. The van der Waals surface area contributed by atoms with E-state index >= 15 is 0 Å². The van der Waals surface area contributed by atoms with Crippen molar-refractivity contribution in [3.63, 3.8) is 0 Å². The van der Waals surface area contributed by atoms with E-state index in [1.54, 1.807) is 29.5 Å². The molecule has 0 unspecified atom stereocenters. The molecule has 1 aromatic heterocycles. The summed E-state index contributed by atoms with van der Waals surface area (Å²) in [5.74, 6) is 7.17. The van der Waals surface area contributed by atoms with E-state index in [0.717, 1.165) is 36.2 Å². The Balaban J connectivity index is 1.09. The predicted octanol–water partition coefficient (Wildman–Crippen LogP) is 6.17. The van der Waals surface area contributed by atoms with Gasteiger partial charge in [0.1, 0.15) is 5.75 Å². The van der Waals surface area contributed by atoms with Crippen LogP contribution in [0.4, 0.5) is 11.4 Å². The van der Waals surface area contributed by atoms with Crippen LogP contribution in [0.25, 0.3) is 10.1 Å². The Kier molecular flexibility index (Phi) is 8.93. The number of piperidine rings is 1. The van der Waals surface area contributed by atoms with Crippen LogP contribution in [0.1, 0.15) is 55.9 Å². The van der Waals surface area contributed by atoms with Crippen LogP contribution in [0.5, 0.6) is 5.75 Å². The molecule has 1 saturated carbocycles. The van der Waals surface area contributed by atoms with Gasteiger partial charge in [-0.05, 0) is 87.2 Å². The molecule has 1 aliphatic carbocycles. The van der Waals surface area contributed by atoms with Crippen LogP contribution in [-0.2, 0) is 21.0 Å². The molecule has 2 aromatic carbocycles. The summed E-state index contributed by atoms with van der Waals surface area (Å²) < 4.78 is 36.0. The number of fused-ring (bicyclic) bond motifs is 1. The first-order chi connectivity index (χ1) is 20.8. The number of hydrogen-bond acceptors (Lipinski definition) is 8. The van der Waals surface area contributed by atoms with Crippen molar-refractivity contribution in [2.75, 3.05) is 56.8 Å². The molecule has 3 aromatic rings. The molecule has 1 spiro atoms. The van der Waals surface area contributed by atoms with Gasteiger partial charge in [0.2, 0.25) is 0 Å². The topological polar surface area (TPSA) is 79.9 Å². The highest BCUT2D eigenvalue weighted by Crippen LogP contribution is 2.41.